The van der Waals surface area contributed by atoms with Gasteiger partial charge >= 0.3 is 0 Å². The number of thiazole rings is 1. The van der Waals surface area contributed by atoms with Crippen LogP contribution in [-0.4, -0.2) is 40.7 Å². The molecular weight excluding hydrogens is 412 g/mol. The van der Waals surface area contributed by atoms with Crippen molar-refractivity contribution in [2.24, 2.45) is 5.92 Å². The molecule has 3 amide bonds. The van der Waals surface area contributed by atoms with Crippen molar-refractivity contribution < 1.29 is 14.4 Å². The third-order valence-corrected chi connectivity index (χ3v) is 6.92. The molecular formula is C23H28N4O3S. The highest BCUT2D eigenvalue weighted by molar-refractivity contribution is 7.15. The molecule has 1 atom stereocenters. The second-order valence-corrected chi connectivity index (χ2v) is 9.29. The van der Waals surface area contributed by atoms with Gasteiger partial charge in [-0.25, -0.2) is 4.98 Å². The summed E-state index contributed by atoms with van der Waals surface area (Å²) in [6, 6.07) is 6.80. The summed E-state index contributed by atoms with van der Waals surface area (Å²) in [6.45, 7) is 3.27. The Morgan fingerprint density at radius 2 is 1.94 bits per heavy atom. The minimum Gasteiger partial charge on any atom is -0.342 e. The molecule has 7 nitrogen and oxygen atoms in total. The Morgan fingerprint density at radius 3 is 2.68 bits per heavy atom. The summed E-state index contributed by atoms with van der Waals surface area (Å²) in [6.07, 6.45) is 6.59. The van der Waals surface area contributed by atoms with Gasteiger partial charge in [0, 0.05) is 35.6 Å². The monoisotopic (exact) mass is 440 g/mol. The fourth-order valence-corrected chi connectivity index (χ4v) is 5.08. The van der Waals surface area contributed by atoms with Gasteiger partial charge in [-0.05, 0) is 56.4 Å². The topological polar surface area (TPSA) is 91.4 Å². The summed E-state index contributed by atoms with van der Waals surface area (Å²) in [5.41, 5.74) is 2.24. The summed E-state index contributed by atoms with van der Waals surface area (Å²) < 4.78 is 0. The molecule has 2 N–H and O–H groups in total. The Bertz CT molecular complexity index is 946. The lowest BCUT2D eigenvalue weighted by atomic mass is 10.0. The lowest BCUT2D eigenvalue weighted by Gasteiger charge is -2.16. The molecule has 2 aliphatic rings. The Labute approximate surface area is 186 Å². The van der Waals surface area contributed by atoms with Gasteiger partial charge in [0.15, 0.2) is 5.13 Å². The molecule has 1 aromatic carbocycles. The molecule has 31 heavy (non-hydrogen) atoms. The maximum absolute atomic E-state index is 12.6. The van der Waals surface area contributed by atoms with E-state index in [9.17, 15) is 14.4 Å². The van der Waals surface area contributed by atoms with Crippen LogP contribution in [0.4, 0.5) is 10.8 Å². The average molecular weight is 441 g/mol. The first-order valence-electron chi connectivity index (χ1n) is 11.0. The van der Waals surface area contributed by atoms with Crippen LogP contribution in [0.1, 0.15) is 60.0 Å². The van der Waals surface area contributed by atoms with E-state index in [1.54, 1.807) is 40.5 Å². The lowest BCUT2D eigenvalue weighted by molar-refractivity contribution is -0.128. The van der Waals surface area contributed by atoms with E-state index >= 15 is 0 Å². The molecule has 2 heterocycles. The summed E-state index contributed by atoms with van der Waals surface area (Å²) in [5.74, 6) is -0.650. The van der Waals surface area contributed by atoms with Crippen LogP contribution in [-0.2, 0) is 22.4 Å². The number of fused-ring (bicyclic) bond motifs is 1. The van der Waals surface area contributed by atoms with Crippen LogP contribution in [0.15, 0.2) is 24.3 Å². The molecule has 2 aromatic rings. The highest BCUT2D eigenvalue weighted by Gasteiger charge is 2.33. The van der Waals surface area contributed by atoms with Gasteiger partial charge in [0.25, 0.3) is 5.91 Å². The van der Waals surface area contributed by atoms with Crippen molar-refractivity contribution in [3.8, 4) is 0 Å². The number of nitrogens with zero attached hydrogens (tertiary/aromatic N) is 2. The molecule has 1 saturated heterocycles. The Balaban J connectivity index is 1.31. The number of aryl methyl sites for hydroxylation is 2. The maximum atomic E-state index is 12.6. The van der Waals surface area contributed by atoms with E-state index in [0.717, 1.165) is 37.8 Å². The number of carbonyl (C=O) groups excluding carboxylic acids is 3. The molecule has 1 unspecified atom stereocenters. The summed E-state index contributed by atoms with van der Waals surface area (Å²) in [4.78, 5) is 44.8. The zero-order valence-electron chi connectivity index (χ0n) is 17.8. The van der Waals surface area contributed by atoms with Crippen LogP contribution < -0.4 is 10.6 Å². The molecule has 0 spiro atoms. The normalized spacial score (nSPS) is 18.0. The zero-order valence-corrected chi connectivity index (χ0v) is 18.6. The minimum atomic E-state index is -0.330. The highest BCUT2D eigenvalue weighted by Crippen LogP contribution is 2.30. The molecule has 4 rings (SSSR count). The van der Waals surface area contributed by atoms with E-state index < -0.39 is 0 Å². The Kier molecular flexibility index (Phi) is 6.65. The fraction of sp³-hybridized carbons (Fsp3) is 0.478. The largest absolute Gasteiger partial charge is 0.342 e. The van der Waals surface area contributed by atoms with E-state index in [4.69, 9.17) is 0 Å². The van der Waals surface area contributed by atoms with E-state index in [-0.39, 0.29) is 30.1 Å². The zero-order chi connectivity index (χ0) is 21.8. The van der Waals surface area contributed by atoms with Crippen molar-refractivity contribution in [1.29, 1.82) is 0 Å². The number of hydrogen-bond acceptors (Lipinski definition) is 5. The molecule has 164 valence electrons. The molecule has 1 aliphatic carbocycles. The van der Waals surface area contributed by atoms with Crippen LogP contribution >= 0.6 is 11.3 Å². The molecule has 1 fully saturated rings. The van der Waals surface area contributed by atoms with Gasteiger partial charge in [-0.1, -0.05) is 13.3 Å². The van der Waals surface area contributed by atoms with Crippen LogP contribution in [0.3, 0.4) is 0 Å². The number of nitrogens with one attached hydrogen (secondary N) is 2. The smallest absolute Gasteiger partial charge is 0.257 e. The van der Waals surface area contributed by atoms with E-state index in [0.29, 0.717) is 29.5 Å². The Hall–Kier alpha value is -2.74. The lowest BCUT2D eigenvalue weighted by Crippen LogP contribution is -2.29. The average Bonchev–Trinajstić information content (AvgIpc) is 3.35. The van der Waals surface area contributed by atoms with Crippen LogP contribution in [0, 0.1) is 5.92 Å². The number of hydrogen-bond donors (Lipinski definition) is 2. The predicted octanol–water partition coefficient (Wildman–Crippen LogP) is 3.86. The van der Waals surface area contributed by atoms with Crippen molar-refractivity contribution in [2.75, 3.05) is 23.7 Å². The van der Waals surface area contributed by atoms with Gasteiger partial charge < -0.3 is 10.2 Å². The number of amides is 3. The first-order chi connectivity index (χ1) is 15.0. The number of unbranched alkanes of at least 4 members (excludes halogenated alkanes) is 1. The number of aromatic nitrogens is 1. The molecule has 8 heteroatoms. The van der Waals surface area contributed by atoms with Gasteiger partial charge in [0.1, 0.15) is 0 Å². The van der Waals surface area contributed by atoms with E-state index in [2.05, 4.69) is 22.5 Å². The Morgan fingerprint density at radius 1 is 1.16 bits per heavy atom. The summed E-state index contributed by atoms with van der Waals surface area (Å²) >= 11 is 1.56. The number of anilines is 2. The molecule has 1 aromatic heterocycles. The minimum absolute atomic E-state index is 0.0458. The molecule has 0 saturated carbocycles. The highest BCUT2D eigenvalue weighted by atomic mass is 32.1. The van der Waals surface area contributed by atoms with Crippen molar-refractivity contribution in [3.63, 3.8) is 0 Å². The maximum Gasteiger partial charge on any atom is 0.257 e. The van der Waals surface area contributed by atoms with Gasteiger partial charge in [-0.3, -0.25) is 19.7 Å². The number of carbonyl (C=O) groups is 3. The first kappa shape index (κ1) is 21.5. The molecule has 1 aliphatic heterocycles. The second kappa shape index (κ2) is 9.60. The van der Waals surface area contributed by atoms with Crippen LogP contribution in [0.2, 0.25) is 0 Å². The van der Waals surface area contributed by atoms with Crippen molar-refractivity contribution in [3.05, 3.63) is 40.4 Å². The van der Waals surface area contributed by atoms with Crippen molar-refractivity contribution in [2.45, 2.75) is 51.9 Å². The molecule has 0 bridgehead atoms. The number of likely N-dealkylation sites (tertiary alicyclic amines) is 1. The first-order valence-corrected chi connectivity index (χ1v) is 11.8. The second-order valence-electron chi connectivity index (χ2n) is 8.21. The van der Waals surface area contributed by atoms with E-state index in [1.807, 2.05) is 0 Å². The van der Waals surface area contributed by atoms with Gasteiger partial charge in [0.2, 0.25) is 11.8 Å². The van der Waals surface area contributed by atoms with Gasteiger partial charge in [-0.15, -0.1) is 11.3 Å². The predicted molar refractivity (Wildman–Crippen MR) is 121 cm³/mol. The summed E-state index contributed by atoms with van der Waals surface area (Å²) in [5, 5.41) is 6.40. The van der Waals surface area contributed by atoms with E-state index in [1.165, 1.54) is 11.3 Å². The third kappa shape index (κ3) is 5.12. The quantitative estimate of drug-likeness (QED) is 0.684. The third-order valence-electron chi connectivity index (χ3n) is 5.85. The SMILES string of the molecule is CCCCN1CC(C(=O)Nc2ccc(C(=O)Nc3nc4c(s3)CCCC4)cc2)CC1=O. The van der Waals surface area contributed by atoms with Gasteiger partial charge in [0.05, 0.1) is 11.6 Å². The number of rotatable bonds is 7. The summed E-state index contributed by atoms with van der Waals surface area (Å²) in [7, 11) is 0. The fourth-order valence-electron chi connectivity index (χ4n) is 4.04. The van der Waals surface area contributed by atoms with Crippen molar-refractivity contribution >= 4 is 39.9 Å². The van der Waals surface area contributed by atoms with Crippen LogP contribution in [0.5, 0.6) is 0 Å². The van der Waals surface area contributed by atoms with Crippen molar-refractivity contribution in [1.82, 2.24) is 9.88 Å². The number of benzene rings is 1. The standard InChI is InChI=1S/C23H28N4O3S/c1-2-3-12-27-14-16(13-20(27)28)22(30)24-17-10-8-15(9-11-17)21(29)26-23-25-18-6-4-5-7-19(18)31-23/h8-11,16H,2-7,12-14H2,1H3,(H,24,30)(H,25,26,29). The molecule has 0 radical (unpaired) electrons. The van der Waals surface area contributed by atoms with Gasteiger partial charge in [-0.2, -0.15) is 0 Å². The van der Waals surface area contributed by atoms with Crippen LogP contribution in [0.25, 0.3) is 0 Å².